The number of amides is 1. The summed E-state index contributed by atoms with van der Waals surface area (Å²) >= 11 is 0. The maximum absolute atomic E-state index is 12.4. The quantitative estimate of drug-likeness (QED) is 0.889. The van der Waals surface area contributed by atoms with E-state index in [2.05, 4.69) is 0 Å². The zero-order valence-electron chi connectivity index (χ0n) is 10.9. The van der Waals surface area contributed by atoms with Gasteiger partial charge in [-0.15, -0.1) is 0 Å². The Morgan fingerprint density at radius 2 is 2.11 bits per heavy atom. The highest BCUT2D eigenvalue weighted by Crippen LogP contribution is 2.20. The average molecular weight is 282 g/mol. The van der Waals surface area contributed by atoms with Gasteiger partial charge in [0.25, 0.3) is 5.91 Å². The van der Waals surface area contributed by atoms with Gasteiger partial charge in [0.15, 0.2) is 0 Å². The number of piperidine rings is 1. The number of rotatable bonds is 2. The molecule has 0 aromatic heterocycles. The third-order valence-corrected chi connectivity index (χ3v) is 4.38. The maximum atomic E-state index is 12.4. The number of hydrogen-bond acceptors (Lipinski definition) is 3. The monoisotopic (exact) mass is 282 g/mol. The van der Waals surface area contributed by atoms with E-state index in [9.17, 15) is 13.2 Å². The molecule has 0 unspecified atom stereocenters. The SMILES string of the molecule is C[C@H]1CCCCN1C(=O)c1cccc(S(N)(=O)=O)c1. The van der Waals surface area contributed by atoms with Crippen LogP contribution in [-0.2, 0) is 10.0 Å². The van der Waals surface area contributed by atoms with Crippen molar-refractivity contribution in [2.75, 3.05) is 6.54 Å². The Balaban J connectivity index is 2.29. The molecule has 104 valence electrons. The fourth-order valence-corrected chi connectivity index (χ4v) is 2.93. The highest BCUT2D eigenvalue weighted by molar-refractivity contribution is 7.89. The number of primary sulfonamides is 1. The summed E-state index contributed by atoms with van der Waals surface area (Å²) in [5.41, 5.74) is 0.375. The van der Waals surface area contributed by atoms with Crippen LogP contribution in [0.1, 0.15) is 36.5 Å². The highest BCUT2D eigenvalue weighted by Gasteiger charge is 2.24. The van der Waals surface area contributed by atoms with Gasteiger partial charge in [-0.2, -0.15) is 0 Å². The lowest BCUT2D eigenvalue weighted by Gasteiger charge is -2.33. The van der Waals surface area contributed by atoms with Crippen LogP contribution in [0.2, 0.25) is 0 Å². The molecule has 0 aliphatic carbocycles. The molecule has 1 aromatic carbocycles. The molecule has 5 nitrogen and oxygen atoms in total. The highest BCUT2D eigenvalue weighted by atomic mass is 32.2. The van der Waals surface area contributed by atoms with E-state index in [0.29, 0.717) is 5.56 Å². The number of hydrogen-bond donors (Lipinski definition) is 1. The molecule has 0 saturated carbocycles. The fraction of sp³-hybridized carbons (Fsp3) is 0.462. The third-order valence-electron chi connectivity index (χ3n) is 3.47. The van der Waals surface area contributed by atoms with Crippen LogP contribution < -0.4 is 5.14 Å². The predicted octanol–water partition coefficient (Wildman–Crippen LogP) is 1.35. The second-order valence-corrected chi connectivity index (χ2v) is 6.48. The van der Waals surface area contributed by atoms with E-state index in [4.69, 9.17) is 5.14 Å². The van der Waals surface area contributed by atoms with Crippen molar-refractivity contribution >= 4 is 15.9 Å². The lowest BCUT2D eigenvalue weighted by atomic mass is 10.0. The normalized spacial score (nSPS) is 20.3. The van der Waals surface area contributed by atoms with Crippen molar-refractivity contribution in [1.29, 1.82) is 0 Å². The Morgan fingerprint density at radius 1 is 1.37 bits per heavy atom. The summed E-state index contributed by atoms with van der Waals surface area (Å²) in [6.45, 7) is 2.74. The Bertz CT molecular complexity index is 583. The van der Waals surface area contributed by atoms with Crippen LogP contribution in [0.5, 0.6) is 0 Å². The number of likely N-dealkylation sites (tertiary alicyclic amines) is 1. The maximum Gasteiger partial charge on any atom is 0.254 e. The van der Waals surface area contributed by atoms with E-state index in [-0.39, 0.29) is 16.8 Å². The molecule has 0 spiro atoms. The minimum atomic E-state index is -3.77. The van der Waals surface area contributed by atoms with Crippen molar-refractivity contribution < 1.29 is 13.2 Å². The molecule has 1 aromatic rings. The van der Waals surface area contributed by atoms with Gasteiger partial charge in [0, 0.05) is 18.2 Å². The summed E-state index contributed by atoms with van der Waals surface area (Å²) in [5.74, 6) is -0.127. The number of carbonyl (C=O) groups is 1. The number of carbonyl (C=O) groups excluding carboxylic acids is 1. The summed E-state index contributed by atoms with van der Waals surface area (Å²) in [5, 5.41) is 5.08. The molecule has 2 rings (SSSR count). The molecule has 1 fully saturated rings. The van der Waals surface area contributed by atoms with Gasteiger partial charge in [-0.05, 0) is 44.4 Å². The van der Waals surface area contributed by atoms with E-state index in [1.165, 1.54) is 12.1 Å². The molecule has 2 N–H and O–H groups in total. The largest absolute Gasteiger partial charge is 0.336 e. The molecule has 1 amide bonds. The Labute approximate surface area is 113 Å². The van der Waals surface area contributed by atoms with Gasteiger partial charge in [0.05, 0.1) is 4.90 Å². The summed E-state index contributed by atoms with van der Waals surface area (Å²) in [6, 6.07) is 6.10. The smallest absolute Gasteiger partial charge is 0.254 e. The first-order valence-corrected chi connectivity index (χ1v) is 7.88. The van der Waals surface area contributed by atoms with Gasteiger partial charge >= 0.3 is 0 Å². The van der Waals surface area contributed by atoms with Crippen molar-refractivity contribution in [3.8, 4) is 0 Å². The van der Waals surface area contributed by atoms with Gasteiger partial charge in [-0.3, -0.25) is 4.79 Å². The van der Waals surface area contributed by atoms with Crippen LogP contribution >= 0.6 is 0 Å². The zero-order chi connectivity index (χ0) is 14.0. The van der Waals surface area contributed by atoms with Crippen molar-refractivity contribution in [3.63, 3.8) is 0 Å². The van der Waals surface area contributed by atoms with Crippen LogP contribution in [-0.4, -0.2) is 31.8 Å². The van der Waals surface area contributed by atoms with Crippen LogP contribution in [0, 0.1) is 0 Å². The van der Waals surface area contributed by atoms with Gasteiger partial charge in [0.1, 0.15) is 0 Å². The number of nitrogens with zero attached hydrogens (tertiary/aromatic N) is 1. The van der Waals surface area contributed by atoms with Crippen LogP contribution in [0.25, 0.3) is 0 Å². The molecular formula is C13H18N2O3S. The molecule has 0 radical (unpaired) electrons. The predicted molar refractivity (Wildman–Crippen MR) is 72.2 cm³/mol. The standard InChI is InChI=1S/C13H18N2O3S/c1-10-5-2-3-8-15(10)13(16)11-6-4-7-12(9-11)19(14,17)18/h4,6-7,9-10H,2-3,5,8H2,1H3,(H2,14,17,18)/t10-/m0/s1. The molecule has 1 atom stereocenters. The number of sulfonamides is 1. The van der Waals surface area contributed by atoms with E-state index in [0.717, 1.165) is 25.8 Å². The zero-order valence-corrected chi connectivity index (χ0v) is 11.7. The number of nitrogens with two attached hydrogens (primary N) is 1. The minimum Gasteiger partial charge on any atom is -0.336 e. The summed E-state index contributed by atoms with van der Waals surface area (Å²) in [4.78, 5) is 14.2. The van der Waals surface area contributed by atoms with E-state index in [1.54, 1.807) is 17.0 Å². The second-order valence-electron chi connectivity index (χ2n) is 4.92. The molecule has 1 heterocycles. The lowest BCUT2D eigenvalue weighted by molar-refractivity contribution is 0.0635. The molecule has 1 aliphatic rings. The van der Waals surface area contributed by atoms with Crippen molar-refractivity contribution in [2.24, 2.45) is 5.14 Å². The Morgan fingerprint density at radius 3 is 2.74 bits per heavy atom. The average Bonchev–Trinajstić information content (AvgIpc) is 2.38. The van der Waals surface area contributed by atoms with E-state index >= 15 is 0 Å². The molecule has 19 heavy (non-hydrogen) atoms. The van der Waals surface area contributed by atoms with Crippen LogP contribution in [0.4, 0.5) is 0 Å². The van der Waals surface area contributed by atoms with Crippen LogP contribution in [0.3, 0.4) is 0 Å². The fourth-order valence-electron chi connectivity index (χ4n) is 2.37. The molecule has 1 saturated heterocycles. The first kappa shape index (κ1) is 14.0. The summed E-state index contributed by atoms with van der Waals surface area (Å²) < 4.78 is 22.6. The molecular weight excluding hydrogens is 264 g/mol. The van der Waals surface area contributed by atoms with Crippen molar-refractivity contribution in [2.45, 2.75) is 37.1 Å². The number of benzene rings is 1. The minimum absolute atomic E-state index is 0.0250. The van der Waals surface area contributed by atoms with Crippen LogP contribution in [0.15, 0.2) is 29.2 Å². The van der Waals surface area contributed by atoms with E-state index < -0.39 is 10.0 Å². The van der Waals surface area contributed by atoms with Crippen molar-refractivity contribution in [3.05, 3.63) is 29.8 Å². The van der Waals surface area contributed by atoms with Gasteiger partial charge in [-0.1, -0.05) is 6.07 Å². The Hall–Kier alpha value is -1.40. The van der Waals surface area contributed by atoms with E-state index in [1.807, 2.05) is 6.92 Å². The Kier molecular flexibility index (Phi) is 3.91. The lowest BCUT2D eigenvalue weighted by Crippen LogP contribution is -2.42. The van der Waals surface area contributed by atoms with Gasteiger partial charge in [0.2, 0.25) is 10.0 Å². The topological polar surface area (TPSA) is 80.5 Å². The second kappa shape index (κ2) is 5.30. The van der Waals surface area contributed by atoms with Gasteiger partial charge in [-0.25, -0.2) is 13.6 Å². The molecule has 6 heteroatoms. The molecule has 1 aliphatic heterocycles. The van der Waals surface area contributed by atoms with Gasteiger partial charge < -0.3 is 4.90 Å². The third kappa shape index (κ3) is 3.13. The first-order chi connectivity index (χ1) is 8.89. The first-order valence-electron chi connectivity index (χ1n) is 6.33. The summed E-state index contributed by atoms with van der Waals surface area (Å²) in [6.07, 6.45) is 3.10. The summed E-state index contributed by atoms with van der Waals surface area (Å²) in [7, 11) is -3.77. The van der Waals surface area contributed by atoms with Crippen molar-refractivity contribution in [1.82, 2.24) is 4.90 Å². The molecule has 0 bridgehead atoms.